The van der Waals surface area contributed by atoms with Crippen molar-refractivity contribution in [1.29, 1.82) is 0 Å². The quantitative estimate of drug-likeness (QED) is 0.600. The van der Waals surface area contributed by atoms with Gasteiger partial charge in [0.1, 0.15) is 5.82 Å². The summed E-state index contributed by atoms with van der Waals surface area (Å²) in [5.41, 5.74) is 3.02. The number of hydrogen-bond donors (Lipinski definition) is 1. The summed E-state index contributed by atoms with van der Waals surface area (Å²) < 4.78 is 15.9. The number of rotatable bonds is 3. The van der Waals surface area contributed by atoms with E-state index in [1.54, 1.807) is 6.07 Å². The van der Waals surface area contributed by atoms with E-state index in [0.717, 1.165) is 20.2 Å². The molecule has 0 saturated heterocycles. The smallest absolute Gasteiger partial charge is 0.137 e. The predicted molar refractivity (Wildman–Crippen MR) is 88.0 cm³/mol. The Morgan fingerprint density at radius 3 is 2.21 bits per heavy atom. The van der Waals surface area contributed by atoms with Crippen LogP contribution >= 0.6 is 47.8 Å². The molecule has 0 radical (unpaired) electrons. The van der Waals surface area contributed by atoms with Gasteiger partial charge in [0, 0.05) is 15.5 Å². The lowest BCUT2D eigenvalue weighted by atomic mass is 10.2. The van der Waals surface area contributed by atoms with E-state index in [1.165, 1.54) is 11.6 Å². The van der Waals surface area contributed by atoms with Crippen molar-refractivity contribution in [3.05, 3.63) is 60.7 Å². The maximum atomic E-state index is 13.4. The number of nitrogens with one attached hydrogen (secondary N) is 1. The minimum atomic E-state index is -0.249. The van der Waals surface area contributed by atoms with Crippen LogP contribution in [0.5, 0.6) is 0 Å². The van der Waals surface area contributed by atoms with Crippen LogP contribution in [0.25, 0.3) is 0 Å². The molecule has 2 aromatic rings. The van der Waals surface area contributed by atoms with Gasteiger partial charge in [-0.1, -0.05) is 6.07 Å². The van der Waals surface area contributed by atoms with Crippen LogP contribution in [-0.4, -0.2) is 0 Å². The molecule has 0 amide bonds. The SMILES string of the molecule is Cc1cc(Br)c(NCc2ccc(Br)c(F)c2)c(Br)c1. The van der Waals surface area contributed by atoms with E-state index in [4.69, 9.17) is 0 Å². The summed E-state index contributed by atoms with van der Waals surface area (Å²) in [5.74, 6) is -0.249. The Kier molecular flexibility index (Phi) is 5.03. The zero-order valence-electron chi connectivity index (χ0n) is 10.1. The van der Waals surface area contributed by atoms with E-state index in [0.29, 0.717) is 11.0 Å². The third-order valence-corrected chi connectivity index (χ3v) is 4.53. The Bertz CT molecular complexity index is 591. The van der Waals surface area contributed by atoms with Gasteiger partial charge in [-0.3, -0.25) is 0 Å². The van der Waals surface area contributed by atoms with Crippen LogP contribution in [0, 0.1) is 12.7 Å². The topological polar surface area (TPSA) is 12.0 Å². The number of hydrogen-bond acceptors (Lipinski definition) is 1. The standard InChI is InChI=1S/C14H11Br3FN/c1-8-4-11(16)14(12(17)5-8)19-7-9-2-3-10(15)13(18)6-9/h2-6,19H,7H2,1H3. The maximum absolute atomic E-state index is 13.4. The number of anilines is 1. The second-order valence-electron chi connectivity index (χ2n) is 4.21. The zero-order chi connectivity index (χ0) is 14.0. The second-order valence-corrected chi connectivity index (χ2v) is 6.77. The molecular formula is C14H11Br3FN. The van der Waals surface area contributed by atoms with E-state index >= 15 is 0 Å². The van der Waals surface area contributed by atoms with Crippen LogP contribution in [0.1, 0.15) is 11.1 Å². The summed E-state index contributed by atoms with van der Waals surface area (Å²) in [7, 11) is 0. The lowest BCUT2D eigenvalue weighted by Gasteiger charge is -2.12. The minimum Gasteiger partial charge on any atom is -0.379 e. The zero-order valence-corrected chi connectivity index (χ0v) is 14.9. The molecule has 0 atom stereocenters. The highest BCUT2D eigenvalue weighted by atomic mass is 79.9. The molecule has 0 aliphatic carbocycles. The van der Waals surface area contributed by atoms with Gasteiger partial charge in [-0.15, -0.1) is 0 Å². The predicted octanol–water partition coefficient (Wildman–Crippen LogP) is 6.03. The molecule has 0 heterocycles. The highest BCUT2D eigenvalue weighted by Gasteiger charge is 2.07. The molecular weight excluding hydrogens is 441 g/mol. The number of benzene rings is 2. The molecule has 0 unspecified atom stereocenters. The van der Waals surface area contributed by atoms with Gasteiger partial charge in [0.25, 0.3) is 0 Å². The van der Waals surface area contributed by atoms with Crippen LogP contribution < -0.4 is 5.32 Å². The summed E-state index contributed by atoms with van der Waals surface area (Å²) in [6.07, 6.45) is 0. The van der Waals surface area contributed by atoms with Crippen LogP contribution in [0.3, 0.4) is 0 Å². The van der Waals surface area contributed by atoms with E-state index in [1.807, 2.05) is 25.1 Å². The molecule has 100 valence electrons. The average molecular weight is 452 g/mol. The highest BCUT2D eigenvalue weighted by molar-refractivity contribution is 9.11. The van der Waals surface area contributed by atoms with E-state index in [9.17, 15) is 4.39 Å². The summed E-state index contributed by atoms with van der Waals surface area (Å²) in [4.78, 5) is 0. The maximum Gasteiger partial charge on any atom is 0.137 e. The Hall–Kier alpha value is -0.390. The number of halogens is 4. The lowest BCUT2D eigenvalue weighted by molar-refractivity contribution is 0.619. The first-order valence-corrected chi connectivity index (χ1v) is 7.98. The normalized spacial score (nSPS) is 10.6. The van der Waals surface area contributed by atoms with Gasteiger partial charge in [-0.2, -0.15) is 0 Å². The third kappa shape index (κ3) is 3.80. The van der Waals surface area contributed by atoms with Crippen LogP contribution in [0.4, 0.5) is 10.1 Å². The van der Waals surface area contributed by atoms with Crippen molar-refractivity contribution in [3.63, 3.8) is 0 Å². The van der Waals surface area contributed by atoms with Crippen molar-refractivity contribution >= 4 is 53.5 Å². The Morgan fingerprint density at radius 2 is 1.63 bits per heavy atom. The Morgan fingerprint density at radius 1 is 1.00 bits per heavy atom. The van der Waals surface area contributed by atoms with Crippen molar-refractivity contribution in [2.45, 2.75) is 13.5 Å². The fourth-order valence-electron chi connectivity index (χ4n) is 1.71. The van der Waals surface area contributed by atoms with Crippen molar-refractivity contribution < 1.29 is 4.39 Å². The van der Waals surface area contributed by atoms with E-state index < -0.39 is 0 Å². The molecule has 0 bridgehead atoms. The summed E-state index contributed by atoms with van der Waals surface area (Å²) in [6.45, 7) is 2.59. The van der Waals surface area contributed by atoms with Gasteiger partial charge in [-0.25, -0.2) is 4.39 Å². The van der Waals surface area contributed by atoms with Crippen LogP contribution in [0.15, 0.2) is 43.7 Å². The average Bonchev–Trinajstić information content (AvgIpc) is 2.32. The van der Waals surface area contributed by atoms with E-state index in [-0.39, 0.29) is 5.82 Å². The molecule has 2 aromatic carbocycles. The fraction of sp³-hybridized carbons (Fsp3) is 0.143. The summed E-state index contributed by atoms with van der Waals surface area (Å²) in [6, 6.07) is 9.19. The van der Waals surface area contributed by atoms with Gasteiger partial charge in [0.15, 0.2) is 0 Å². The van der Waals surface area contributed by atoms with Crippen LogP contribution in [-0.2, 0) is 6.54 Å². The van der Waals surface area contributed by atoms with Gasteiger partial charge < -0.3 is 5.32 Å². The molecule has 0 fully saturated rings. The first-order valence-electron chi connectivity index (χ1n) is 5.61. The molecule has 0 saturated carbocycles. The van der Waals surface area contributed by atoms with Gasteiger partial charge in [-0.05, 0) is 90.1 Å². The van der Waals surface area contributed by atoms with Crippen molar-refractivity contribution in [2.24, 2.45) is 0 Å². The monoisotopic (exact) mass is 449 g/mol. The molecule has 0 aliphatic heterocycles. The van der Waals surface area contributed by atoms with Gasteiger partial charge >= 0.3 is 0 Å². The van der Waals surface area contributed by atoms with Gasteiger partial charge in [0.05, 0.1) is 10.2 Å². The molecule has 1 nitrogen and oxygen atoms in total. The second kappa shape index (κ2) is 6.37. The molecule has 2 rings (SSSR count). The molecule has 0 aliphatic rings. The first-order chi connectivity index (χ1) is 8.97. The first kappa shape index (κ1) is 15.0. The van der Waals surface area contributed by atoms with Gasteiger partial charge in [0.2, 0.25) is 0 Å². The van der Waals surface area contributed by atoms with Crippen molar-refractivity contribution in [1.82, 2.24) is 0 Å². The van der Waals surface area contributed by atoms with Crippen LogP contribution in [0.2, 0.25) is 0 Å². The summed E-state index contributed by atoms with van der Waals surface area (Å²) in [5, 5.41) is 3.30. The molecule has 5 heteroatoms. The minimum absolute atomic E-state index is 0.249. The molecule has 19 heavy (non-hydrogen) atoms. The Labute approximate surface area is 137 Å². The van der Waals surface area contributed by atoms with E-state index in [2.05, 4.69) is 53.1 Å². The van der Waals surface area contributed by atoms with Crippen molar-refractivity contribution in [3.8, 4) is 0 Å². The molecule has 0 spiro atoms. The van der Waals surface area contributed by atoms with Crippen molar-refractivity contribution in [2.75, 3.05) is 5.32 Å². The largest absolute Gasteiger partial charge is 0.379 e. The fourth-order valence-corrected chi connectivity index (χ4v) is 3.65. The lowest BCUT2D eigenvalue weighted by Crippen LogP contribution is -2.01. The molecule has 1 N–H and O–H groups in total. The third-order valence-electron chi connectivity index (χ3n) is 2.64. The Balaban J connectivity index is 2.16. The number of aryl methyl sites for hydroxylation is 1. The summed E-state index contributed by atoms with van der Waals surface area (Å²) >= 11 is 10.2. The highest BCUT2D eigenvalue weighted by Crippen LogP contribution is 2.32. The molecule has 0 aromatic heterocycles.